The maximum Gasteiger partial charge on any atom is 0.244 e. The summed E-state index contributed by atoms with van der Waals surface area (Å²) in [5.41, 5.74) is 0.830. The fraction of sp³-hybridized carbons (Fsp3) is 0.444. The van der Waals surface area contributed by atoms with E-state index < -0.39 is 0 Å². The smallest absolute Gasteiger partial charge is 0.244 e. The third kappa shape index (κ3) is 5.01. The number of hydrogen-bond donors (Lipinski definition) is 1. The second-order valence-electron chi connectivity index (χ2n) is 5.58. The summed E-state index contributed by atoms with van der Waals surface area (Å²) in [4.78, 5) is 25.5. The molecule has 0 atom stereocenters. The Bertz CT molecular complexity index is 607. The molecule has 24 heavy (non-hydrogen) atoms. The molecule has 1 aromatic rings. The highest BCUT2D eigenvalue weighted by Crippen LogP contribution is 2.27. The molecule has 1 heterocycles. The molecule has 6 heteroatoms. The Morgan fingerprint density at radius 1 is 1.17 bits per heavy atom. The Morgan fingerprint density at radius 2 is 1.88 bits per heavy atom. The SMILES string of the molecule is COc1ccc(/C=C/C(=O)NCCC(=O)N2CCCC2)cc1OC. The van der Waals surface area contributed by atoms with Gasteiger partial charge in [0, 0.05) is 32.1 Å². The van der Waals surface area contributed by atoms with Gasteiger partial charge in [0.25, 0.3) is 0 Å². The van der Waals surface area contributed by atoms with Gasteiger partial charge in [-0.1, -0.05) is 6.07 Å². The molecule has 130 valence electrons. The minimum absolute atomic E-state index is 0.108. The van der Waals surface area contributed by atoms with E-state index in [1.807, 2.05) is 11.0 Å². The maximum atomic E-state index is 11.9. The van der Waals surface area contributed by atoms with E-state index in [0.717, 1.165) is 31.5 Å². The highest BCUT2D eigenvalue weighted by molar-refractivity contribution is 5.92. The first-order chi connectivity index (χ1) is 11.6. The van der Waals surface area contributed by atoms with Crippen molar-refractivity contribution >= 4 is 17.9 Å². The number of methoxy groups -OCH3 is 2. The second kappa shape index (κ2) is 8.96. The highest BCUT2D eigenvalue weighted by atomic mass is 16.5. The second-order valence-corrected chi connectivity index (χ2v) is 5.58. The quantitative estimate of drug-likeness (QED) is 0.774. The van der Waals surface area contributed by atoms with Crippen molar-refractivity contribution < 1.29 is 19.1 Å². The first-order valence-electron chi connectivity index (χ1n) is 8.09. The predicted molar refractivity (Wildman–Crippen MR) is 92.0 cm³/mol. The molecule has 2 amide bonds. The molecule has 0 unspecified atom stereocenters. The molecule has 0 bridgehead atoms. The Balaban J connectivity index is 1.79. The van der Waals surface area contributed by atoms with Gasteiger partial charge in [0.2, 0.25) is 11.8 Å². The molecule has 1 aliphatic rings. The zero-order chi connectivity index (χ0) is 17.4. The average molecular weight is 332 g/mol. The molecular formula is C18H24N2O4. The van der Waals surface area contributed by atoms with E-state index in [1.54, 1.807) is 32.4 Å². The van der Waals surface area contributed by atoms with E-state index in [4.69, 9.17) is 9.47 Å². The lowest BCUT2D eigenvalue weighted by Gasteiger charge is -2.14. The molecule has 2 rings (SSSR count). The van der Waals surface area contributed by atoms with Crippen LogP contribution in [0.5, 0.6) is 11.5 Å². The van der Waals surface area contributed by atoms with Crippen LogP contribution in [0.15, 0.2) is 24.3 Å². The maximum absolute atomic E-state index is 11.9. The number of hydrogen-bond acceptors (Lipinski definition) is 4. The molecule has 1 saturated heterocycles. The standard InChI is InChI=1S/C18H24N2O4/c1-23-15-7-5-14(13-16(15)24-2)6-8-17(21)19-10-9-18(22)20-11-3-4-12-20/h5-8,13H,3-4,9-12H2,1-2H3,(H,19,21)/b8-6+. The number of benzene rings is 1. The van der Waals surface area contributed by atoms with Crippen molar-refractivity contribution in [2.75, 3.05) is 33.9 Å². The van der Waals surface area contributed by atoms with Crippen LogP contribution in [0, 0.1) is 0 Å². The van der Waals surface area contributed by atoms with Crippen molar-refractivity contribution in [3.8, 4) is 11.5 Å². The Hall–Kier alpha value is -2.50. The van der Waals surface area contributed by atoms with Crippen LogP contribution in [0.25, 0.3) is 6.08 Å². The van der Waals surface area contributed by atoms with Crippen LogP contribution < -0.4 is 14.8 Å². The van der Waals surface area contributed by atoms with E-state index in [0.29, 0.717) is 24.5 Å². The zero-order valence-corrected chi connectivity index (χ0v) is 14.2. The summed E-state index contributed by atoms with van der Waals surface area (Å²) >= 11 is 0. The lowest BCUT2D eigenvalue weighted by molar-refractivity contribution is -0.130. The molecule has 1 aliphatic heterocycles. The average Bonchev–Trinajstić information content (AvgIpc) is 3.14. The Kier molecular flexibility index (Phi) is 6.66. The number of carbonyl (C=O) groups is 2. The van der Waals surface area contributed by atoms with Crippen LogP contribution in [0.2, 0.25) is 0 Å². The van der Waals surface area contributed by atoms with E-state index in [9.17, 15) is 9.59 Å². The normalized spacial score (nSPS) is 14.0. The Labute approximate surface area is 142 Å². The predicted octanol–water partition coefficient (Wildman–Crippen LogP) is 1.85. The largest absolute Gasteiger partial charge is 0.493 e. The van der Waals surface area contributed by atoms with Gasteiger partial charge in [0.1, 0.15) is 0 Å². The molecule has 0 aliphatic carbocycles. The van der Waals surface area contributed by atoms with Crippen molar-refractivity contribution in [2.45, 2.75) is 19.3 Å². The first-order valence-corrected chi connectivity index (χ1v) is 8.09. The van der Waals surface area contributed by atoms with Crippen molar-refractivity contribution in [1.82, 2.24) is 10.2 Å². The summed E-state index contributed by atoms with van der Waals surface area (Å²) in [5, 5.41) is 2.73. The van der Waals surface area contributed by atoms with Gasteiger partial charge in [0.15, 0.2) is 11.5 Å². The van der Waals surface area contributed by atoms with Crippen LogP contribution >= 0.6 is 0 Å². The van der Waals surface area contributed by atoms with Gasteiger partial charge in [0.05, 0.1) is 14.2 Å². The summed E-state index contributed by atoms with van der Waals surface area (Å²) in [6.45, 7) is 2.03. The molecule has 1 N–H and O–H groups in total. The van der Waals surface area contributed by atoms with Crippen LogP contribution in [0.4, 0.5) is 0 Å². The van der Waals surface area contributed by atoms with Crippen LogP contribution in [-0.2, 0) is 9.59 Å². The minimum atomic E-state index is -0.223. The van der Waals surface area contributed by atoms with E-state index in [-0.39, 0.29) is 11.8 Å². The van der Waals surface area contributed by atoms with Gasteiger partial charge < -0.3 is 19.7 Å². The summed E-state index contributed by atoms with van der Waals surface area (Å²) < 4.78 is 10.4. The third-order valence-electron chi connectivity index (χ3n) is 3.93. The number of likely N-dealkylation sites (tertiary alicyclic amines) is 1. The molecule has 0 spiro atoms. The lowest BCUT2D eigenvalue weighted by Crippen LogP contribution is -2.32. The van der Waals surface area contributed by atoms with Gasteiger partial charge in [-0.2, -0.15) is 0 Å². The summed E-state index contributed by atoms with van der Waals surface area (Å²) in [7, 11) is 3.14. The first kappa shape index (κ1) is 17.8. The van der Waals surface area contributed by atoms with Crippen LogP contribution in [0.1, 0.15) is 24.8 Å². The van der Waals surface area contributed by atoms with Gasteiger partial charge in [-0.3, -0.25) is 9.59 Å². The van der Waals surface area contributed by atoms with Gasteiger partial charge in [-0.15, -0.1) is 0 Å². The molecular weight excluding hydrogens is 308 g/mol. The van der Waals surface area contributed by atoms with Crippen molar-refractivity contribution in [3.63, 3.8) is 0 Å². The number of rotatable bonds is 7. The topological polar surface area (TPSA) is 67.9 Å². The van der Waals surface area contributed by atoms with Gasteiger partial charge >= 0.3 is 0 Å². The highest BCUT2D eigenvalue weighted by Gasteiger charge is 2.17. The molecule has 0 aromatic heterocycles. The molecule has 1 fully saturated rings. The molecule has 0 radical (unpaired) electrons. The fourth-order valence-corrected chi connectivity index (χ4v) is 2.60. The molecule has 6 nitrogen and oxygen atoms in total. The molecule has 1 aromatic carbocycles. The number of nitrogens with zero attached hydrogens (tertiary/aromatic N) is 1. The summed E-state index contributed by atoms with van der Waals surface area (Å²) in [6, 6.07) is 5.41. The van der Waals surface area contributed by atoms with E-state index >= 15 is 0 Å². The Morgan fingerprint density at radius 3 is 2.54 bits per heavy atom. The number of nitrogens with one attached hydrogen (secondary N) is 1. The summed E-state index contributed by atoms with van der Waals surface area (Å²) in [5.74, 6) is 1.13. The fourth-order valence-electron chi connectivity index (χ4n) is 2.60. The van der Waals surface area contributed by atoms with Gasteiger partial charge in [-0.05, 0) is 36.6 Å². The van der Waals surface area contributed by atoms with Crippen LogP contribution in [0.3, 0.4) is 0 Å². The van der Waals surface area contributed by atoms with Gasteiger partial charge in [-0.25, -0.2) is 0 Å². The van der Waals surface area contributed by atoms with E-state index in [2.05, 4.69) is 5.32 Å². The summed E-state index contributed by atoms with van der Waals surface area (Å²) in [6.07, 6.45) is 5.63. The van der Waals surface area contributed by atoms with Crippen molar-refractivity contribution in [1.29, 1.82) is 0 Å². The van der Waals surface area contributed by atoms with E-state index in [1.165, 1.54) is 6.08 Å². The lowest BCUT2D eigenvalue weighted by atomic mass is 10.2. The number of ether oxygens (including phenoxy) is 2. The van der Waals surface area contributed by atoms with Crippen LogP contribution in [-0.4, -0.2) is 50.6 Å². The zero-order valence-electron chi connectivity index (χ0n) is 14.2. The molecule has 0 saturated carbocycles. The minimum Gasteiger partial charge on any atom is -0.493 e. The number of carbonyl (C=O) groups excluding carboxylic acids is 2. The monoisotopic (exact) mass is 332 g/mol. The van der Waals surface area contributed by atoms with Crippen molar-refractivity contribution in [3.05, 3.63) is 29.8 Å². The number of amides is 2. The third-order valence-corrected chi connectivity index (χ3v) is 3.93. The van der Waals surface area contributed by atoms with Crippen molar-refractivity contribution in [2.24, 2.45) is 0 Å².